The number of hydrogen-bond donors (Lipinski definition) is 1. The van der Waals surface area contributed by atoms with Crippen molar-refractivity contribution in [3.63, 3.8) is 0 Å². The number of esters is 1. The van der Waals surface area contributed by atoms with Crippen LogP contribution < -0.4 is 10.6 Å². The van der Waals surface area contributed by atoms with Crippen LogP contribution in [0.15, 0.2) is 0 Å². The molecule has 0 amide bonds. The zero-order valence-corrected chi connectivity index (χ0v) is 12.5. The van der Waals surface area contributed by atoms with Crippen molar-refractivity contribution in [3.8, 4) is 0 Å². The van der Waals surface area contributed by atoms with E-state index >= 15 is 0 Å². The monoisotopic (exact) mass is 324 g/mol. The summed E-state index contributed by atoms with van der Waals surface area (Å²) in [6.07, 6.45) is -5.36. The van der Waals surface area contributed by atoms with Crippen LogP contribution in [0.2, 0.25) is 0 Å². The average molecular weight is 324 g/mol. The fourth-order valence-electron chi connectivity index (χ4n) is 1.66. The number of halogens is 3. The molecular weight excluding hydrogens is 309 g/mol. The summed E-state index contributed by atoms with van der Waals surface area (Å²) in [4.78, 5) is 24.6. The maximum atomic E-state index is 12.3. The minimum Gasteiger partial charge on any atom is -0.465 e. The molecule has 0 spiro atoms. The molecule has 118 valence electrons. The minimum atomic E-state index is -4.31. The van der Waals surface area contributed by atoms with E-state index in [1.165, 1.54) is 18.9 Å². The van der Waals surface area contributed by atoms with Crippen LogP contribution in [-0.2, 0) is 4.74 Å². The van der Waals surface area contributed by atoms with E-state index in [9.17, 15) is 22.8 Å². The van der Waals surface area contributed by atoms with Gasteiger partial charge in [0.2, 0.25) is 0 Å². The van der Waals surface area contributed by atoms with Crippen LogP contribution in [-0.4, -0.2) is 38.6 Å². The molecular formula is C12H15F3N2O3S. The van der Waals surface area contributed by atoms with Crippen LogP contribution in [0.5, 0.6) is 0 Å². The third-order valence-electron chi connectivity index (χ3n) is 2.71. The summed E-state index contributed by atoms with van der Waals surface area (Å²) in [5.41, 5.74) is 5.61. The molecule has 1 aromatic rings. The number of methoxy groups -OCH3 is 1. The van der Waals surface area contributed by atoms with Gasteiger partial charge in [0.1, 0.15) is 10.6 Å². The van der Waals surface area contributed by atoms with Gasteiger partial charge in [-0.25, -0.2) is 4.79 Å². The first kappa shape index (κ1) is 17.3. The molecule has 0 aliphatic carbocycles. The van der Waals surface area contributed by atoms with Crippen molar-refractivity contribution in [3.05, 3.63) is 10.4 Å². The van der Waals surface area contributed by atoms with Crippen LogP contribution in [0.1, 0.15) is 33.4 Å². The number of ether oxygens (including phenoxy) is 1. The summed E-state index contributed by atoms with van der Waals surface area (Å²) in [6.45, 7) is 0.910. The van der Waals surface area contributed by atoms with Crippen molar-refractivity contribution in [2.45, 2.75) is 19.5 Å². The fraction of sp³-hybridized carbons (Fsp3) is 0.500. The molecule has 0 aliphatic rings. The molecule has 0 radical (unpaired) electrons. The second kappa shape index (κ2) is 6.33. The van der Waals surface area contributed by atoms with Gasteiger partial charge < -0.3 is 15.4 Å². The molecule has 1 aromatic heterocycles. The zero-order valence-electron chi connectivity index (χ0n) is 11.7. The van der Waals surface area contributed by atoms with Gasteiger partial charge in [-0.05, 0) is 0 Å². The van der Waals surface area contributed by atoms with Crippen LogP contribution >= 0.6 is 11.3 Å². The Bertz CT molecular complexity index is 555. The first-order chi connectivity index (χ1) is 9.58. The molecule has 0 saturated heterocycles. The standard InChI is InChI=1S/C12H15F3N2O3S/c1-6(18)9-8(16)7(11(19)20-3)10(21-9)17(2)5-4-12(13,14)15/h4-5,16H2,1-3H3. The fourth-order valence-corrected chi connectivity index (χ4v) is 2.75. The smallest absolute Gasteiger partial charge is 0.390 e. The second-order valence-corrected chi connectivity index (χ2v) is 5.36. The molecule has 1 rings (SSSR count). The number of hydrogen-bond acceptors (Lipinski definition) is 6. The lowest BCUT2D eigenvalue weighted by atomic mass is 10.2. The van der Waals surface area contributed by atoms with Crippen LogP contribution in [0, 0.1) is 0 Å². The number of rotatable bonds is 5. The molecule has 9 heteroatoms. The van der Waals surface area contributed by atoms with Crippen LogP contribution in [0.4, 0.5) is 23.9 Å². The number of nitrogens with zero attached hydrogens (tertiary/aromatic N) is 1. The normalized spacial score (nSPS) is 11.3. The Balaban J connectivity index is 3.18. The lowest BCUT2D eigenvalue weighted by molar-refractivity contribution is -0.132. The highest BCUT2D eigenvalue weighted by atomic mass is 32.1. The molecule has 5 nitrogen and oxygen atoms in total. The maximum absolute atomic E-state index is 12.3. The largest absolute Gasteiger partial charge is 0.465 e. The van der Waals surface area contributed by atoms with Crippen molar-refractivity contribution >= 4 is 33.8 Å². The van der Waals surface area contributed by atoms with Crippen LogP contribution in [0.3, 0.4) is 0 Å². The van der Waals surface area contributed by atoms with Crippen molar-refractivity contribution < 1.29 is 27.5 Å². The van der Waals surface area contributed by atoms with Crippen molar-refractivity contribution in [1.29, 1.82) is 0 Å². The summed E-state index contributed by atoms with van der Waals surface area (Å²) < 4.78 is 41.4. The quantitative estimate of drug-likeness (QED) is 0.666. The summed E-state index contributed by atoms with van der Waals surface area (Å²) in [5, 5.41) is 0.189. The Morgan fingerprint density at radius 1 is 1.38 bits per heavy atom. The van der Waals surface area contributed by atoms with Gasteiger partial charge in [0.25, 0.3) is 0 Å². The van der Waals surface area contributed by atoms with Gasteiger partial charge in [0.15, 0.2) is 5.78 Å². The Kier molecular flexibility index (Phi) is 5.21. The molecule has 0 aliphatic heterocycles. The SMILES string of the molecule is COC(=O)c1c(N(C)CCC(F)(F)F)sc(C(C)=O)c1N. The summed E-state index contributed by atoms with van der Waals surface area (Å²) in [5.74, 6) is -1.15. The summed E-state index contributed by atoms with van der Waals surface area (Å²) >= 11 is 0.880. The van der Waals surface area contributed by atoms with Crippen LogP contribution in [0.25, 0.3) is 0 Å². The highest BCUT2D eigenvalue weighted by molar-refractivity contribution is 7.19. The van der Waals surface area contributed by atoms with Gasteiger partial charge in [-0.2, -0.15) is 13.2 Å². The van der Waals surface area contributed by atoms with Crippen molar-refractivity contribution in [2.75, 3.05) is 31.3 Å². The number of carbonyl (C=O) groups is 2. The third-order valence-corrected chi connectivity index (χ3v) is 4.13. The maximum Gasteiger partial charge on any atom is 0.390 e. The molecule has 0 bridgehead atoms. The molecule has 0 unspecified atom stereocenters. The topological polar surface area (TPSA) is 72.6 Å². The van der Waals surface area contributed by atoms with E-state index in [1.807, 2.05) is 0 Å². The summed E-state index contributed by atoms with van der Waals surface area (Å²) in [6, 6.07) is 0. The van der Waals surface area contributed by atoms with E-state index in [0.717, 1.165) is 18.4 Å². The van der Waals surface area contributed by atoms with Gasteiger partial charge in [-0.3, -0.25) is 4.79 Å². The number of nitrogens with two attached hydrogens (primary N) is 1. The first-order valence-electron chi connectivity index (χ1n) is 5.88. The highest BCUT2D eigenvalue weighted by Crippen LogP contribution is 2.39. The van der Waals surface area contributed by atoms with Gasteiger partial charge in [0, 0.05) is 20.5 Å². The highest BCUT2D eigenvalue weighted by Gasteiger charge is 2.30. The zero-order chi connectivity index (χ0) is 16.4. The van der Waals surface area contributed by atoms with Crippen molar-refractivity contribution in [2.24, 2.45) is 0 Å². The Hall–Kier alpha value is -1.77. The lowest BCUT2D eigenvalue weighted by Gasteiger charge is -2.19. The Morgan fingerprint density at radius 3 is 2.38 bits per heavy atom. The number of alkyl halides is 3. The lowest BCUT2D eigenvalue weighted by Crippen LogP contribution is -2.24. The predicted molar refractivity (Wildman–Crippen MR) is 74.0 cm³/mol. The molecule has 0 fully saturated rings. The Morgan fingerprint density at radius 2 is 1.95 bits per heavy atom. The average Bonchev–Trinajstić information content (AvgIpc) is 2.72. The number of nitrogen functional groups attached to an aromatic ring is 1. The van der Waals surface area contributed by atoms with E-state index in [4.69, 9.17) is 5.73 Å². The van der Waals surface area contributed by atoms with Gasteiger partial charge in [-0.1, -0.05) is 0 Å². The number of anilines is 2. The van der Waals surface area contributed by atoms with Gasteiger partial charge in [0.05, 0.1) is 24.1 Å². The van der Waals surface area contributed by atoms with E-state index in [2.05, 4.69) is 4.74 Å². The van der Waals surface area contributed by atoms with E-state index < -0.39 is 18.6 Å². The minimum absolute atomic E-state index is 0.0618. The van der Waals surface area contributed by atoms with E-state index in [1.54, 1.807) is 0 Å². The van der Waals surface area contributed by atoms with Crippen molar-refractivity contribution in [1.82, 2.24) is 0 Å². The van der Waals surface area contributed by atoms with E-state index in [-0.39, 0.29) is 33.5 Å². The molecule has 0 saturated carbocycles. The first-order valence-corrected chi connectivity index (χ1v) is 6.69. The van der Waals surface area contributed by atoms with Gasteiger partial charge in [-0.15, -0.1) is 11.3 Å². The summed E-state index contributed by atoms with van der Waals surface area (Å²) in [7, 11) is 2.53. The second-order valence-electron chi connectivity index (χ2n) is 4.36. The number of Topliss-reactive ketones (excluding diaryl/α,β-unsaturated/α-hetero) is 1. The number of thiophene rings is 1. The van der Waals surface area contributed by atoms with E-state index in [0.29, 0.717) is 0 Å². The number of ketones is 1. The predicted octanol–water partition coefficient (Wildman–Crippen LogP) is 2.71. The molecule has 2 N–H and O–H groups in total. The van der Waals surface area contributed by atoms with Gasteiger partial charge >= 0.3 is 12.1 Å². The molecule has 0 aromatic carbocycles. The number of carbonyl (C=O) groups excluding carboxylic acids is 2. The molecule has 1 heterocycles. The molecule has 21 heavy (non-hydrogen) atoms. The third kappa shape index (κ3) is 4.10. The Labute approximate surface area is 123 Å². The molecule has 0 atom stereocenters.